The van der Waals surface area contributed by atoms with Crippen LogP contribution in [0.1, 0.15) is 13.3 Å². The van der Waals surface area contributed by atoms with E-state index in [1.54, 1.807) is 18.2 Å². The van der Waals surface area contributed by atoms with Crippen LogP contribution in [0.2, 0.25) is 0 Å². The number of carbonyl (C=O) groups excluding carboxylic acids is 1. The van der Waals surface area contributed by atoms with Crippen molar-refractivity contribution in [1.82, 2.24) is 0 Å². The van der Waals surface area contributed by atoms with Crippen LogP contribution in [0.25, 0.3) is 0 Å². The predicted octanol–water partition coefficient (Wildman–Crippen LogP) is 3.63. The second-order valence-electron chi connectivity index (χ2n) is 4.64. The third kappa shape index (κ3) is 4.77. The third-order valence-electron chi connectivity index (χ3n) is 2.79. The van der Waals surface area contributed by atoms with Crippen molar-refractivity contribution < 1.29 is 18.7 Å². The van der Waals surface area contributed by atoms with Crippen molar-refractivity contribution in [1.29, 1.82) is 0 Å². The fourth-order valence-corrected chi connectivity index (χ4v) is 1.80. The van der Waals surface area contributed by atoms with Crippen LogP contribution in [0.15, 0.2) is 48.5 Å². The highest BCUT2D eigenvalue weighted by molar-refractivity contribution is 5.93. The quantitative estimate of drug-likeness (QED) is 0.849. The number of halogens is 1. The number of amides is 1. The van der Waals surface area contributed by atoms with Gasteiger partial charge < -0.3 is 14.8 Å². The van der Waals surface area contributed by atoms with E-state index in [1.165, 1.54) is 18.2 Å². The first-order valence-corrected chi connectivity index (χ1v) is 7.09. The molecule has 0 heterocycles. The van der Waals surface area contributed by atoms with Crippen molar-refractivity contribution in [2.75, 3.05) is 18.5 Å². The first kappa shape index (κ1) is 15.8. The molecule has 0 aromatic heterocycles. The van der Waals surface area contributed by atoms with Gasteiger partial charge >= 0.3 is 0 Å². The maximum absolute atomic E-state index is 13.0. The minimum atomic E-state index is -0.406. The van der Waals surface area contributed by atoms with Gasteiger partial charge in [0.15, 0.2) is 6.61 Å². The molecular weight excluding hydrogens is 285 g/mol. The molecule has 22 heavy (non-hydrogen) atoms. The molecule has 116 valence electrons. The van der Waals surface area contributed by atoms with Crippen molar-refractivity contribution in [3.8, 4) is 11.5 Å². The zero-order valence-corrected chi connectivity index (χ0v) is 12.3. The van der Waals surface area contributed by atoms with Crippen LogP contribution in [0, 0.1) is 5.82 Å². The summed E-state index contributed by atoms with van der Waals surface area (Å²) in [7, 11) is 0. The van der Waals surface area contributed by atoms with E-state index in [-0.39, 0.29) is 12.5 Å². The molecule has 4 nitrogen and oxygen atoms in total. The Balaban J connectivity index is 1.92. The lowest BCUT2D eigenvalue weighted by molar-refractivity contribution is -0.118. The normalized spacial score (nSPS) is 10.1. The van der Waals surface area contributed by atoms with E-state index >= 15 is 0 Å². The third-order valence-corrected chi connectivity index (χ3v) is 2.79. The average Bonchev–Trinajstić information content (AvgIpc) is 2.52. The molecule has 2 rings (SSSR count). The van der Waals surface area contributed by atoms with Crippen LogP contribution in [0.3, 0.4) is 0 Å². The summed E-state index contributed by atoms with van der Waals surface area (Å²) in [5.41, 5.74) is 0.587. The van der Waals surface area contributed by atoms with Crippen molar-refractivity contribution in [2.24, 2.45) is 0 Å². The summed E-state index contributed by atoms with van der Waals surface area (Å²) in [6.07, 6.45) is 0.880. The highest BCUT2D eigenvalue weighted by Gasteiger charge is 2.08. The molecule has 5 heteroatoms. The number of nitrogens with one attached hydrogen (secondary N) is 1. The minimum absolute atomic E-state index is 0.203. The Morgan fingerprint density at radius 2 is 1.95 bits per heavy atom. The Morgan fingerprint density at radius 1 is 1.14 bits per heavy atom. The fraction of sp³-hybridized carbons (Fsp3) is 0.235. The maximum atomic E-state index is 13.0. The Kier molecular flexibility index (Phi) is 5.77. The fourth-order valence-electron chi connectivity index (χ4n) is 1.80. The van der Waals surface area contributed by atoms with Gasteiger partial charge in [0, 0.05) is 6.07 Å². The van der Waals surface area contributed by atoms with Gasteiger partial charge in [-0.3, -0.25) is 4.79 Å². The molecule has 2 aromatic carbocycles. The molecule has 0 aliphatic carbocycles. The monoisotopic (exact) mass is 303 g/mol. The van der Waals surface area contributed by atoms with E-state index in [1.807, 2.05) is 19.1 Å². The molecular formula is C17H18FNO3. The van der Waals surface area contributed by atoms with Gasteiger partial charge in [0.25, 0.3) is 5.91 Å². The highest BCUT2D eigenvalue weighted by atomic mass is 19.1. The largest absolute Gasteiger partial charge is 0.491 e. The topological polar surface area (TPSA) is 47.6 Å². The zero-order chi connectivity index (χ0) is 15.8. The number of benzene rings is 2. The number of hydrogen-bond donors (Lipinski definition) is 1. The first-order valence-electron chi connectivity index (χ1n) is 7.09. The molecule has 0 saturated carbocycles. The van der Waals surface area contributed by atoms with Crippen LogP contribution in [0.4, 0.5) is 10.1 Å². The molecule has 0 radical (unpaired) electrons. The summed E-state index contributed by atoms with van der Waals surface area (Å²) in [5.74, 6) is 0.183. The van der Waals surface area contributed by atoms with Gasteiger partial charge in [0.2, 0.25) is 0 Å². The zero-order valence-electron chi connectivity index (χ0n) is 12.3. The molecule has 0 bridgehead atoms. The van der Waals surface area contributed by atoms with Gasteiger partial charge in [0.1, 0.15) is 17.3 Å². The van der Waals surface area contributed by atoms with E-state index in [0.29, 0.717) is 23.8 Å². The Labute approximate surface area is 128 Å². The first-order chi connectivity index (χ1) is 10.7. The summed E-state index contributed by atoms with van der Waals surface area (Å²) in [6.45, 7) is 2.38. The SMILES string of the molecule is CCCOc1ccccc1NC(=O)COc1cccc(F)c1. The van der Waals surface area contributed by atoms with Crippen LogP contribution in [0.5, 0.6) is 11.5 Å². The summed E-state index contributed by atoms with van der Waals surface area (Å²) in [6, 6.07) is 12.8. The van der Waals surface area contributed by atoms with E-state index in [2.05, 4.69) is 5.32 Å². The molecule has 0 aliphatic heterocycles. The lowest BCUT2D eigenvalue weighted by atomic mass is 10.3. The van der Waals surface area contributed by atoms with E-state index in [9.17, 15) is 9.18 Å². The number of anilines is 1. The Hall–Kier alpha value is -2.56. The summed E-state index contributed by atoms with van der Waals surface area (Å²) in [4.78, 5) is 11.9. The lowest BCUT2D eigenvalue weighted by Crippen LogP contribution is -2.20. The van der Waals surface area contributed by atoms with Crippen LogP contribution < -0.4 is 14.8 Å². The van der Waals surface area contributed by atoms with Gasteiger partial charge in [0.05, 0.1) is 12.3 Å². The van der Waals surface area contributed by atoms with E-state index in [4.69, 9.17) is 9.47 Å². The summed E-state index contributed by atoms with van der Waals surface area (Å²) in [5, 5.41) is 2.72. The van der Waals surface area contributed by atoms with Crippen molar-refractivity contribution in [3.63, 3.8) is 0 Å². The molecule has 0 aliphatic rings. The number of hydrogen-bond acceptors (Lipinski definition) is 3. The number of carbonyl (C=O) groups is 1. The van der Waals surface area contributed by atoms with Crippen molar-refractivity contribution >= 4 is 11.6 Å². The summed E-state index contributed by atoms with van der Waals surface area (Å²) < 4.78 is 23.8. The predicted molar refractivity (Wildman–Crippen MR) is 82.8 cm³/mol. The summed E-state index contributed by atoms with van der Waals surface area (Å²) >= 11 is 0. The standard InChI is InChI=1S/C17H18FNO3/c1-2-10-21-16-9-4-3-8-15(16)19-17(20)12-22-14-7-5-6-13(18)11-14/h3-9,11H,2,10,12H2,1H3,(H,19,20). The van der Waals surface area contributed by atoms with E-state index < -0.39 is 5.82 Å². The van der Waals surface area contributed by atoms with Gasteiger partial charge in [-0.2, -0.15) is 0 Å². The van der Waals surface area contributed by atoms with Gasteiger partial charge in [-0.25, -0.2) is 4.39 Å². The van der Waals surface area contributed by atoms with Crippen molar-refractivity contribution in [3.05, 3.63) is 54.3 Å². The smallest absolute Gasteiger partial charge is 0.262 e. The van der Waals surface area contributed by atoms with Crippen LogP contribution in [-0.4, -0.2) is 19.1 Å². The molecule has 2 aromatic rings. The molecule has 0 spiro atoms. The number of ether oxygens (including phenoxy) is 2. The van der Waals surface area contributed by atoms with Gasteiger partial charge in [-0.05, 0) is 30.7 Å². The van der Waals surface area contributed by atoms with Gasteiger partial charge in [-0.15, -0.1) is 0 Å². The van der Waals surface area contributed by atoms with Gasteiger partial charge in [-0.1, -0.05) is 25.1 Å². The maximum Gasteiger partial charge on any atom is 0.262 e. The minimum Gasteiger partial charge on any atom is -0.491 e. The highest BCUT2D eigenvalue weighted by Crippen LogP contribution is 2.23. The Bertz CT molecular complexity index is 631. The number of rotatable bonds is 7. The van der Waals surface area contributed by atoms with Crippen molar-refractivity contribution in [2.45, 2.75) is 13.3 Å². The lowest BCUT2D eigenvalue weighted by Gasteiger charge is -2.12. The molecule has 0 saturated heterocycles. The molecule has 0 atom stereocenters. The molecule has 1 amide bonds. The van der Waals surface area contributed by atoms with Crippen LogP contribution in [-0.2, 0) is 4.79 Å². The second-order valence-corrected chi connectivity index (χ2v) is 4.64. The average molecular weight is 303 g/mol. The number of para-hydroxylation sites is 2. The molecule has 0 fully saturated rings. The second kappa shape index (κ2) is 8.02. The van der Waals surface area contributed by atoms with Crippen LogP contribution >= 0.6 is 0 Å². The Morgan fingerprint density at radius 3 is 2.73 bits per heavy atom. The van der Waals surface area contributed by atoms with E-state index in [0.717, 1.165) is 6.42 Å². The molecule has 1 N–H and O–H groups in total. The molecule has 0 unspecified atom stereocenters.